The van der Waals surface area contributed by atoms with Crippen molar-refractivity contribution in [3.63, 3.8) is 0 Å². The van der Waals surface area contributed by atoms with Gasteiger partial charge in [-0.3, -0.25) is 9.59 Å². The van der Waals surface area contributed by atoms with E-state index in [9.17, 15) is 14.0 Å². The van der Waals surface area contributed by atoms with Crippen molar-refractivity contribution in [2.45, 2.75) is 46.2 Å². The van der Waals surface area contributed by atoms with E-state index in [1.807, 2.05) is 38.1 Å². The van der Waals surface area contributed by atoms with E-state index in [1.165, 1.54) is 22.6 Å². The second kappa shape index (κ2) is 11.2. The average molecular weight is 400 g/mol. The van der Waals surface area contributed by atoms with Gasteiger partial charge in [-0.05, 0) is 55.2 Å². The summed E-state index contributed by atoms with van der Waals surface area (Å²) in [5.74, 6) is -0.255. The van der Waals surface area contributed by atoms with Gasteiger partial charge >= 0.3 is 0 Å². The normalized spacial score (nSPS) is 11.6. The molecule has 2 rings (SSSR count). The molecule has 0 fully saturated rings. The maximum atomic E-state index is 13.2. The van der Waals surface area contributed by atoms with Gasteiger partial charge in [0, 0.05) is 13.1 Å². The van der Waals surface area contributed by atoms with Crippen molar-refractivity contribution in [2.24, 2.45) is 0 Å². The zero-order chi connectivity index (χ0) is 21.2. The third-order valence-corrected chi connectivity index (χ3v) is 4.70. The van der Waals surface area contributed by atoms with Crippen LogP contribution in [0.4, 0.5) is 4.39 Å². The molecule has 0 aliphatic rings. The number of carbonyl (C=O) groups excluding carboxylic acids is 2. The molecule has 1 N–H and O–H groups in total. The lowest BCUT2D eigenvalue weighted by molar-refractivity contribution is -0.142. The molecule has 0 aromatic heterocycles. The molecule has 0 bridgehead atoms. The number of rotatable bonds is 10. The number of nitrogens with zero attached hydrogens (tertiary/aromatic N) is 1. The molecular weight excluding hydrogens is 371 g/mol. The summed E-state index contributed by atoms with van der Waals surface area (Å²) >= 11 is 0. The molecule has 0 spiro atoms. The number of ether oxygens (including phenoxy) is 1. The second-order valence-corrected chi connectivity index (χ2v) is 6.75. The Morgan fingerprint density at radius 1 is 1.00 bits per heavy atom. The zero-order valence-electron chi connectivity index (χ0n) is 17.3. The zero-order valence-corrected chi connectivity index (χ0v) is 17.3. The highest BCUT2D eigenvalue weighted by Gasteiger charge is 2.28. The molecule has 156 valence electrons. The van der Waals surface area contributed by atoms with Gasteiger partial charge in [0.05, 0.1) is 0 Å². The van der Waals surface area contributed by atoms with E-state index in [2.05, 4.69) is 12.2 Å². The van der Waals surface area contributed by atoms with Crippen LogP contribution in [0.1, 0.15) is 38.3 Å². The Bertz CT molecular complexity index is 791. The minimum Gasteiger partial charge on any atom is -0.484 e. The summed E-state index contributed by atoms with van der Waals surface area (Å²) in [5.41, 5.74) is 1.93. The fourth-order valence-corrected chi connectivity index (χ4v) is 3.05. The summed E-state index contributed by atoms with van der Waals surface area (Å²) in [6.45, 7) is 6.26. The lowest BCUT2D eigenvalue weighted by atomic mass is 10.1. The standard InChI is InChI=1S/C23H29FN2O3/c1-4-17-9-13-20(14-10-17)29-16-22(27)26(21(5-2)23(28)25-6-3)15-18-7-11-19(24)12-8-18/h7-14,21H,4-6,15-16H2,1-3H3,(H,25,28)/t21-/m1/s1. The van der Waals surface area contributed by atoms with Gasteiger partial charge in [0.25, 0.3) is 5.91 Å². The fraction of sp³-hybridized carbons (Fsp3) is 0.391. The van der Waals surface area contributed by atoms with Gasteiger partial charge in [-0.1, -0.05) is 38.1 Å². The molecule has 0 radical (unpaired) electrons. The summed E-state index contributed by atoms with van der Waals surface area (Å²) < 4.78 is 18.9. The molecule has 0 aliphatic carbocycles. The van der Waals surface area contributed by atoms with E-state index in [4.69, 9.17) is 4.74 Å². The molecule has 2 aromatic carbocycles. The van der Waals surface area contributed by atoms with Gasteiger partial charge in [-0.25, -0.2) is 4.39 Å². The predicted molar refractivity (Wildman–Crippen MR) is 111 cm³/mol. The van der Waals surface area contributed by atoms with Crippen LogP contribution in [0.3, 0.4) is 0 Å². The SMILES string of the molecule is CCNC(=O)[C@@H](CC)N(Cc1ccc(F)cc1)C(=O)COc1ccc(CC)cc1. The number of nitrogens with one attached hydrogen (secondary N) is 1. The number of amides is 2. The summed E-state index contributed by atoms with van der Waals surface area (Å²) in [6.07, 6.45) is 1.39. The van der Waals surface area contributed by atoms with Crippen LogP contribution in [0, 0.1) is 5.82 Å². The Kier molecular flexibility index (Phi) is 8.65. The van der Waals surface area contributed by atoms with Crippen molar-refractivity contribution in [1.82, 2.24) is 10.2 Å². The van der Waals surface area contributed by atoms with Crippen LogP contribution >= 0.6 is 0 Å². The van der Waals surface area contributed by atoms with Gasteiger partial charge in [-0.2, -0.15) is 0 Å². The van der Waals surface area contributed by atoms with E-state index >= 15 is 0 Å². The first-order valence-corrected chi connectivity index (χ1v) is 10.0. The van der Waals surface area contributed by atoms with Crippen LogP contribution in [0.25, 0.3) is 0 Å². The molecule has 1 atom stereocenters. The first-order chi connectivity index (χ1) is 14.0. The molecule has 0 aliphatic heterocycles. The molecule has 0 unspecified atom stereocenters. The Hall–Kier alpha value is -2.89. The number of carbonyl (C=O) groups is 2. The molecule has 5 nitrogen and oxygen atoms in total. The highest BCUT2D eigenvalue weighted by Crippen LogP contribution is 2.16. The second-order valence-electron chi connectivity index (χ2n) is 6.75. The minimum atomic E-state index is -0.626. The largest absolute Gasteiger partial charge is 0.484 e. The van der Waals surface area contributed by atoms with Crippen molar-refractivity contribution in [2.75, 3.05) is 13.2 Å². The van der Waals surface area contributed by atoms with Crippen LogP contribution in [0.15, 0.2) is 48.5 Å². The van der Waals surface area contributed by atoms with Crippen molar-refractivity contribution in [3.8, 4) is 5.75 Å². The van der Waals surface area contributed by atoms with Crippen molar-refractivity contribution in [3.05, 3.63) is 65.5 Å². The highest BCUT2D eigenvalue weighted by molar-refractivity contribution is 5.88. The number of likely N-dealkylation sites (N-methyl/N-ethyl adjacent to an activating group) is 1. The van der Waals surface area contributed by atoms with Gasteiger partial charge < -0.3 is 15.0 Å². The van der Waals surface area contributed by atoms with E-state index < -0.39 is 6.04 Å². The topological polar surface area (TPSA) is 58.6 Å². The smallest absolute Gasteiger partial charge is 0.261 e. The summed E-state index contributed by atoms with van der Waals surface area (Å²) in [6, 6.07) is 12.9. The monoisotopic (exact) mass is 400 g/mol. The van der Waals surface area contributed by atoms with Crippen LogP contribution < -0.4 is 10.1 Å². The van der Waals surface area contributed by atoms with E-state index in [0.29, 0.717) is 18.7 Å². The summed E-state index contributed by atoms with van der Waals surface area (Å²) in [7, 11) is 0. The molecule has 6 heteroatoms. The molecule has 29 heavy (non-hydrogen) atoms. The number of hydrogen-bond acceptors (Lipinski definition) is 3. The van der Waals surface area contributed by atoms with Crippen LogP contribution in [-0.4, -0.2) is 35.9 Å². The predicted octanol–water partition coefficient (Wildman–Crippen LogP) is 3.71. The quantitative estimate of drug-likeness (QED) is 0.661. The molecule has 0 saturated heterocycles. The van der Waals surface area contributed by atoms with E-state index in [1.54, 1.807) is 12.1 Å². The van der Waals surface area contributed by atoms with Gasteiger partial charge in [-0.15, -0.1) is 0 Å². The average Bonchev–Trinajstić information content (AvgIpc) is 2.73. The Balaban J connectivity index is 2.15. The highest BCUT2D eigenvalue weighted by atomic mass is 19.1. The van der Waals surface area contributed by atoms with Crippen molar-refractivity contribution >= 4 is 11.8 Å². The molecule has 2 aromatic rings. The molecule has 2 amide bonds. The van der Waals surface area contributed by atoms with Crippen LogP contribution in [0.2, 0.25) is 0 Å². The van der Waals surface area contributed by atoms with Crippen LogP contribution in [0.5, 0.6) is 5.75 Å². The molecule has 0 saturated carbocycles. The third-order valence-electron chi connectivity index (χ3n) is 4.70. The van der Waals surface area contributed by atoms with E-state index in [0.717, 1.165) is 12.0 Å². The van der Waals surface area contributed by atoms with E-state index in [-0.39, 0.29) is 30.8 Å². The number of hydrogen-bond donors (Lipinski definition) is 1. The molecular formula is C23H29FN2O3. The lowest BCUT2D eigenvalue weighted by Crippen LogP contribution is -2.50. The summed E-state index contributed by atoms with van der Waals surface area (Å²) in [5, 5.41) is 2.78. The fourth-order valence-electron chi connectivity index (χ4n) is 3.05. The van der Waals surface area contributed by atoms with Crippen LogP contribution in [-0.2, 0) is 22.6 Å². The first kappa shape index (κ1) is 22.4. The maximum absolute atomic E-state index is 13.2. The molecule has 0 heterocycles. The Morgan fingerprint density at radius 2 is 1.62 bits per heavy atom. The van der Waals surface area contributed by atoms with Crippen molar-refractivity contribution < 1.29 is 18.7 Å². The van der Waals surface area contributed by atoms with Gasteiger partial charge in [0.2, 0.25) is 5.91 Å². The minimum absolute atomic E-state index is 0.178. The summed E-state index contributed by atoms with van der Waals surface area (Å²) in [4.78, 5) is 27.0. The Labute approximate surface area is 171 Å². The Morgan fingerprint density at radius 3 is 2.17 bits per heavy atom. The number of halogens is 1. The number of aryl methyl sites for hydroxylation is 1. The van der Waals surface area contributed by atoms with Crippen molar-refractivity contribution in [1.29, 1.82) is 0 Å². The number of benzene rings is 2. The van der Waals surface area contributed by atoms with Gasteiger partial charge in [0.15, 0.2) is 6.61 Å². The first-order valence-electron chi connectivity index (χ1n) is 10.0. The lowest BCUT2D eigenvalue weighted by Gasteiger charge is -2.30. The van der Waals surface area contributed by atoms with Gasteiger partial charge in [0.1, 0.15) is 17.6 Å². The maximum Gasteiger partial charge on any atom is 0.261 e. The third kappa shape index (κ3) is 6.59.